The van der Waals surface area contributed by atoms with E-state index in [1.165, 1.54) is 0 Å². The van der Waals surface area contributed by atoms with Crippen LogP contribution < -0.4 is 11.1 Å². The lowest BCUT2D eigenvalue weighted by molar-refractivity contribution is -0.128. The number of rotatable bonds is 4. The molecule has 0 radical (unpaired) electrons. The molecule has 0 bridgehead atoms. The second-order valence-electron chi connectivity index (χ2n) is 5.06. The molecule has 0 saturated carbocycles. The van der Waals surface area contributed by atoms with Crippen molar-refractivity contribution in [3.8, 4) is 0 Å². The molecule has 1 heterocycles. The molecule has 4 nitrogen and oxygen atoms in total. The number of carbonyl (C=O) groups excluding carboxylic acids is 1. The van der Waals surface area contributed by atoms with Crippen molar-refractivity contribution in [2.24, 2.45) is 11.7 Å². The fourth-order valence-electron chi connectivity index (χ4n) is 2.32. The first-order valence-electron chi connectivity index (χ1n) is 6.87. The van der Waals surface area contributed by atoms with Gasteiger partial charge in [-0.25, -0.2) is 0 Å². The summed E-state index contributed by atoms with van der Waals surface area (Å²) in [6.07, 6.45) is 1.65. The molecule has 1 aliphatic heterocycles. The highest BCUT2D eigenvalue weighted by atomic mass is 16.5. The summed E-state index contributed by atoms with van der Waals surface area (Å²) in [7, 11) is 0. The Bertz CT molecular complexity index is 411. The van der Waals surface area contributed by atoms with E-state index < -0.39 is 0 Å². The van der Waals surface area contributed by atoms with Crippen LogP contribution in [-0.2, 0) is 16.1 Å². The summed E-state index contributed by atoms with van der Waals surface area (Å²) in [4.78, 5) is 12.1. The van der Waals surface area contributed by atoms with Gasteiger partial charge in [0.2, 0.25) is 5.91 Å². The predicted molar refractivity (Wildman–Crippen MR) is 74.4 cm³/mol. The van der Waals surface area contributed by atoms with Crippen molar-refractivity contribution in [2.75, 3.05) is 13.2 Å². The van der Waals surface area contributed by atoms with Crippen LogP contribution in [0.4, 0.5) is 0 Å². The molecule has 4 heteroatoms. The molecule has 1 atom stereocenters. The van der Waals surface area contributed by atoms with E-state index in [1.807, 2.05) is 31.2 Å². The molecule has 1 saturated heterocycles. The first kappa shape index (κ1) is 14.0. The molecular formula is C15H22N2O2. The van der Waals surface area contributed by atoms with Crippen LogP contribution in [0, 0.1) is 5.92 Å². The average molecular weight is 262 g/mol. The number of ether oxygens (including phenoxy) is 1. The van der Waals surface area contributed by atoms with E-state index >= 15 is 0 Å². The third-order valence-electron chi connectivity index (χ3n) is 3.67. The standard InChI is InChI=1S/C15H22N2O2/c1-11(13-4-2-12(10-16)3-5-13)17-15(18)14-6-8-19-9-7-14/h2-5,11,14H,6-10,16H2,1H3,(H,17,18). The molecule has 0 aliphatic carbocycles. The minimum absolute atomic E-state index is 0.0298. The minimum atomic E-state index is 0.0298. The highest BCUT2D eigenvalue weighted by molar-refractivity contribution is 5.79. The van der Waals surface area contributed by atoms with Gasteiger partial charge in [-0.15, -0.1) is 0 Å². The molecule has 1 aliphatic rings. The van der Waals surface area contributed by atoms with Gasteiger partial charge in [0.1, 0.15) is 0 Å². The van der Waals surface area contributed by atoms with Crippen LogP contribution in [0.5, 0.6) is 0 Å². The van der Waals surface area contributed by atoms with Crippen molar-refractivity contribution in [2.45, 2.75) is 32.4 Å². The second kappa shape index (κ2) is 6.68. The Morgan fingerprint density at radius 3 is 2.58 bits per heavy atom. The molecular weight excluding hydrogens is 240 g/mol. The maximum atomic E-state index is 12.1. The number of nitrogens with two attached hydrogens (primary N) is 1. The molecule has 2 rings (SSSR count). The Morgan fingerprint density at radius 1 is 1.37 bits per heavy atom. The Morgan fingerprint density at radius 2 is 2.00 bits per heavy atom. The molecule has 1 aromatic rings. The van der Waals surface area contributed by atoms with Gasteiger partial charge >= 0.3 is 0 Å². The quantitative estimate of drug-likeness (QED) is 0.869. The summed E-state index contributed by atoms with van der Waals surface area (Å²) in [5, 5.41) is 3.08. The summed E-state index contributed by atoms with van der Waals surface area (Å²) < 4.78 is 5.27. The van der Waals surface area contributed by atoms with Crippen LogP contribution in [0.15, 0.2) is 24.3 Å². The number of hydrogen-bond donors (Lipinski definition) is 2. The normalized spacial score (nSPS) is 18.0. The first-order valence-corrected chi connectivity index (χ1v) is 6.87. The van der Waals surface area contributed by atoms with Gasteiger partial charge in [0.05, 0.1) is 6.04 Å². The third-order valence-corrected chi connectivity index (χ3v) is 3.67. The van der Waals surface area contributed by atoms with Crippen molar-refractivity contribution < 1.29 is 9.53 Å². The van der Waals surface area contributed by atoms with E-state index in [2.05, 4.69) is 5.32 Å². The van der Waals surface area contributed by atoms with Crippen LogP contribution in [-0.4, -0.2) is 19.1 Å². The second-order valence-corrected chi connectivity index (χ2v) is 5.06. The molecule has 3 N–H and O–H groups in total. The van der Waals surface area contributed by atoms with E-state index in [0.29, 0.717) is 19.8 Å². The number of hydrogen-bond acceptors (Lipinski definition) is 3. The zero-order valence-electron chi connectivity index (χ0n) is 11.4. The fraction of sp³-hybridized carbons (Fsp3) is 0.533. The number of carbonyl (C=O) groups is 1. The SMILES string of the molecule is CC(NC(=O)C1CCOCC1)c1ccc(CN)cc1. The van der Waals surface area contributed by atoms with E-state index in [0.717, 1.165) is 24.0 Å². The van der Waals surface area contributed by atoms with Gasteiger partial charge in [-0.2, -0.15) is 0 Å². The molecule has 0 spiro atoms. The van der Waals surface area contributed by atoms with Crippen molar-refractivity contribution in [1.82, 2.24) is 5.32 Å². The lowest BCUT2D eigenvalue weighted by Crippen LogP contribution is -2.35. The lowest BCUT2D eigenvalue weighted by Gasteiger charge is -2.23. The van der Waals surface area contributed by atoms with Gasteiger partial charge in [0.25, 0.3) is 0 Å². The molecule has 0 aromatic heterocycles. The van der Waals surface area contributed by atoms with Gasteiger partial charge < -0.3 is 15.8 Å². The highest BCUT2D eigenvalue weighted by Crippen LogP contribution is 2.18. The maximum absolute atomic E-state index is 12.1. The maximum Gasteiger partial charge on any atom is 0.223 e. The molecule has 1 unspecified atom stereocenters. The smallest absolute Gasteiger partial charge is 0.223 e. The molecule has 1 aromatic carbocycles. The van der Waals surface area contributed by atoms with Crippen LogP contribution in [0.1, 0.15) is 36.9 Å². The van der Waals surface area contributed by atoms with E-state index in [-0.39, 0.29) is 17.9 Å². The predicted octanol–water partition coefficient (Wildman–Crippen LogP) is 1.75. The fourth-order valence-corrected chi connectivity index (χ4v) is 2.32. The lowest BCUT2D eigenvalue weighted by atomic mass is 9.98. The summed E-state index contributed by atoms with van der Waals surface area (Å²) in [6, 6.07) is 8.09. The largest absolute Gasteiger partial charge is 0.381 e. The number of benzene rings is 1. The van der Waals surface area contributed by atoms with Gasteiger partial charge in [0.15, 0.2) is 0 Å². The zero-order chi connectivity index (χ0) is 13.7. The average Bonchev–Trinajstić information content (AvgIpc) is 2.48. The molecule has 104 valence electrons. The van der Waals surface area contributed by atoms with Gasteiger partial charge in [-0.05, 0) is 30.9 Å². The summed E-state index contributed by atoms with van der Waals surface area (Å²) in [6.45, 7) is 3.94. The Balaban J connectivity index is 1.91. The van der Waals surface area contributed by atoms with Gasteiger partial charge in [0, 0.05) is 25.7 Å². The van der Waals surface area contributed by atoms with Crippen LogP contribution >= 0.6 is 0 Å². The highest BCUT2D eigenvalue weighted by Gasteiger charge is 2.22. The number of amides is 1. The van der Waals surface area contributed by atoms with Crippen molar-refractivity contribution >= 4 is 5.91 Å². The summed E-state index contributed by atoms with van der Waals surface area (Å²) in [5.41, 5.74) is 7.78. The topological polar surface area (TPSA) is 64.3 Å². The van der Waals surface area contributed by atoms with Crippen molar-refractivity contribution in [3.63, 3.8) is 0 Å². The van der Waals surface area contributed by atoms with E-state index in [9.17, 15) is 4.79 Å². The monoisotopic (exact) mass is 262 g/mol. The minimum Gasteiger partial charge on any atom is -0.381 e. The third kappa shape index (κ3) is 3.78. The van der Waals surface area contributed by atoms with Gasteiger partial charge in [-0.3, -0.25) is 4.79 Å². The van der Waals surface area contributed by atoms with Crippen molar-refractivity contribution in [3.05, 3.63) is 35.4 Å². The van der Waals surface area contributed by atoms with E-state index in [4.69, 9.17) is 10.5 Å². The number of nitrogens with one attached hydrogen (secondary N) is 1. The van der Waals surface area contributed by atoms with Crippen molar-refractivity contribution in [1.29, 1.82) is 0 Å². The summed E-state index contributed by atoms with van der Waals surface area (Å²) in [5.74, 6) is 0.234. The Hall–Kier alpha value is -1.39. The van der Waals surface area contributed by atoms with E-state index in [1.54, 1.807) is 0 Å². The van der Waals surface area contributed by atoms with Crippen LogP contribution in [0.3, 0.4) is 0 Å². The first-order chi connectivity index (χ1) is 9.20. The van der Waals surface area contributed by atoms with Gasteiger partial charge in [-0.1, -0.05) is 24.3 Å². The molecule has 1 fully saturated rings. The molecule has 1 amide bonds. The molecule has 19 heavy (non-hydrogen) atoms. The summed E-state index contributed by atoms with van der Waals surface area (Å²) >= 11 is 0. The van der Waals surface area contributed by atoms with Crippen LogP contribution in [0.2, 0.25) is 0 Å². The zero-order valence-corrected chi connectivity index (χ0v) is 11.4. The van der Waals surface area contributed by atoms with Crippen LogP contribution in [0.25, 0.3) is 0 Å². The Labute approximate surface area is 114 Å². The Kier molecular flexibility index (Phi) is 4.93.